The Morgan fingerprint density at radius 1 is 1.00 bits per heavy atom. The Hall–Kier alpha value is -2.07. The van der Waals surface area contributed by atoms with E-state index < -0.39 is 12.1 Å². The molecule has 1 aliphatic heterocycles. The Balaban J connectivity index is 1.05. The molecule has 42 heavy (non-hydrogen) atoms. The Bertz CT molecular complexity index is 978. The van der Waals surface area contributed by atoms with E-state index in [0.717, 1.165) is 45.2 Å². The van der Waals surface area contributed by atoms with Gasteiger partial charge in [-0.15, -0.1) is 0 Å². The predicted molar refractivity (Wildman–Crippen MR) is 159 cm³/mol. The number of benzene rings is 1. The van der Waals surface area contributed by atoms with E-state index in [9.17, 15) is 14.9 Å². The van der Waals surface area contributed by atoms with E-state index in [1.165, 1.54) is 24.8 Å². The third-order valence-corrected chi connectivity index (χ3v) is 9.89. The monoisotopic (exact) mass is 586 g/mol. The highest BCUT2D eigenvalue weighted by molar-refractivity contribution is 5.74. The van der Waals surface area contributed by atoms with Gasteiger partial charge in [-0.25, -0.2) is 4.79 Å². The summed E-state index contributed by atoms with van der Waals surface area (Å²) in [6.45, 7) is 4.87. The van der Waals surface area contributed by atoms with E-state index in [4.69, 9.17) is 18.9 Å². The second kappa shape index (κ2) is 15.6. The van der Waals surface area contributed by atoms with Gasteiger partial charge in [-0.1, -0.05) is 43.2 Å². The molecule has 0 radical (unpaired) electrons. The van der Waals surface area contributed by atoms with Gasteiger partial charge in [0.15, 0.2) is 6.10 Å². The summed E-state index contributed by atoms with van der Waals surface area (Å²) < 4.78 is 24.6. The Labute approximate surface area is 250 Å². The number of esters is 1. The first-order valence-electron chi connectivity index (χ1n) is 16.5. The zero-order chi connectivity index (χ0) is 29.3. The molecule has 3 saturated carbocycles. The van der Waals surface area contributed by atoms with Gasteiger partial charge < -0.3 is 18.9 Å². The third kappa shape index (κ3) is 8.74. The summed E-state index contributed by atoms with van der Waals surface area (Å²) in [6.07, 6.45) is 11.4. The predicted octanol–water partition coefficient (Wildman–Crippen LogP) is 5.70. The fourth-order valence-electron chi connectivity index (χ4n) is 7.56. The summed E-state index contributed by atoms with van der Waals surface area (Å²) >= 11 is 0. The number of hydrogen-bond donors (Lipinski definition) is 0. The van der Waals surface area contributed by atoms with Crippen LogP contribution >= 0.6 is 0 Å². The lowest BCUT2D eigenvalue weighted by atomic mass is 9.83. The number of carbonyl (C=O) groups excluding carboxylic acids is 1. The van der Waals surface area contributed by atoms with E-state index in [0.29, 0.717) is 63.4 Å². The molecule has 9 heteroatoms. The number of morpholine rings is 1. The minimum absolute atomic E-state index is 0.100. The molecule has 0 aromatic heterocycles. The van der Waals surface area contributed by atoms with Crippen molar-refractivity contribution in [3.8, 4) is 0 Å². The number of nitro groups is 1. The molecule has 1 aromatic carbocycles. The summed E-state index contributed by atoms with van der Waals surface area (Å²) in [5, 5.41) is 11.0. The quantitative estimate of drug-likeness (QED) is 0.175. The van der Waals surface area contributed by atoms with Gasteiger partial charge in [0.2, 0.25) is 6.04 Å². The third-order valence-electron chi connectivity index (χ3n) is 9.89. The molecular weight excluding hydrogens is 536 g/mol. The summed E-state index contributed by atoms with van der Waals surface area (Å²) in [5.41, 5.74) is 1.36. The van der Waals surface area contributed by atoms with E-state index in [1.54, 1.807) is 0 Å². The maximum absolute atomic E-state index is 13.0. The summed E-state index contributed by atoms with van der Waals surface area (Å²) in [4.78, 5) is 26.4. The Morgan fingerprint density at radius 2 is 1.71 bits per heavy atom. The summed E-state index contributed by atoms with van der Waals surface area (Å²) in [6, 6.07) is 10.8. The topological polar surface area (TPSA) is 100 Å². The van der Waals surface area contributed by atoms with E-state index in [-0.39, 0.29) is 29.2 Å². The average molecular weight is 587 g/mol. The van der Waals surface area contributed by atoms with E-state index in [2.05, 4.69) is 35.2 Å². The highest BCUT2D eigenvalue weighted by Crippen LogP contribution is 2.34. The van der Waals surface area contributed by atoms with Crippen molar-refractivity contribution in [2.45, 2.75) is 140 Å². The second-order valence-electron chi connectivity index (χ2n) is 12.9. The number of nitrogens with zero attached hydrogens (tertiary/aromatic N) is 2. The molecule has 4 atom stereocenters. The first-order chi connectivity index (χ1) is 20.5. The smallest absolute Gasteiger partial charge is 0.335 e. The highest BCUT2D eigenvalue weighted by Gasteiger charge is 2.39. The number of fused-ring (bicyclic) bond motifs is 1. The van der Waals surface area contributed by atoms with Crippen molar-refractivity contribution in [3.05, 3.63) is 46.0 Å². The van der Waals surface area contributed by atoms with Crippen LogP contribution in [0.25, 0.3) is 0 Å². The number of hydrogen-bond acceptors (Lipinski definition) is 8. The van der Waals surface area contributed by atoms with Gasteiger partial charge in [0, 0.05) is 43.5 Å². The first kappa shape index (κ1) is 31.4. The van der Waals surface area contributed by atoms with Crippen LogP contribution in [0.15, 0.2) is 30.3 Å². The Morgan fingerprint density at radius 3 is 2.43 bits per heavy atom. The minimum atomic E-state index is -0.569. The molecule has 4 aliphatic rings. The average Bonchev–Trinajstić information content (AvgIpc) is 3.01. The lowest BCUT2D eigenvalue weighted by Gasteiger charge is -2.47. The van der Waals surface area contributed by atoms with Crippen LogP contribution in [0.2, 0.25) is 0 Å². The van der Waals surface area contributed by atoms with Gasteiger partial charge in [-0.2, -0.15) is 0 Å². The van der Waals surface area contributed by atoms with Gasteiger partial charge in [0.05, 0.1) is 24.9 Å². The van der Waals surface area contributed by atoms with Crippen molar-refractivity contribution >= 4 is 5.97 Å². The van der Waals surface area contributed by atoms with Crippen molar-refractivity contribution in [3.63, 3.8) is 0 Å². The van der Waals surface area contributed by atoms with Gasteiger partial charge in [-0.3, -0.25) is 15.0 Å². The minimum Gasteiger partial charge on any atom is -0.460 e. The maximum atomic E-state index is 13.0. The number of rotatable bonds is 12. The van der Waals surface area contributed by atoms with Gasteiger partial charge >= 0.3 is 5.97 Å². The zero-order valence-corrected chi connectivity index (χ0v) is 25.3. The lowest BCUT2D eigenvalue weighted by Crippen LogP contribution is -2.56. The second-order valence-corrected chi connectivity index (χ2v) is 12.9. The van der Waals surface area contributed by atoms with Gasteiger partial charge in [0.25, 0.3) is 0 Å². The fraction of sp³-hybridized carbons (Fsp3) is 0.788. The van der Waals surface area contributed by atoms with Crippen LogP contribution < -0.4 is 0 Å². The van der Waals surface area contributed by atoms with Crippen LogP contribution in [-0.2, 0) is 30.3 Å². The molecule has 0 spiro atoms. The summed E-state index contributed by atoms with van der Waals surface area (Å²) in [5.74, 6) is 0.0877. The molecule has 3 aliphatic carbocycles. The molecule has 9 nitrogen and oxygen atoms in total. The van der Waals surface area contributed by atoms with Crippen molar-refractivity contribution in [2.75, 3.05) is 19.8 Å². The van der Waals surface area contributed by atoms with Crippen molar-refractivity contribution in [2.24, 2.45) is 5.92 Å². The Kier molecular flexibility index (Phi) is 11.6. The SMILES string of the molecule is CCOC(CC1CCC(OCC2CN(Cc3ccccc3)C3CCCCC3O2)CC1)C(=O)OC1CCC([N+](=O)[O-])CC1. The molecular formula is C33H50N2O7. The first-order valence-corrected chi connectivity index (χ1v) is 16.5. The maximum Gasteiger partial charge on any atom is 0.335 e. The van der Waals surface area contributed by atoms with Crippen LogP contribution in [0.3, 0.4) is 0 Å². The molecule has 5 rings (SSSR count). The molecule has 0 N–H and O–H groups in total. The molecule has 4 fully saturated rings. The zero-order valence-electron chi connectivity index (χ0n) is 25.3. The molecule has 0 amide bonds. The van der Waals surface area contributed by atoms with E-state index in [1.807, 2.05) is 6.92 Å². The molecule has 1 aromatic rings. The molecule has 234 valence electrons. The normalized spacial score (nSPS) is 32.9. The largest absolute Gasteiger partial charge is 0.460 e. The lowest BCUT2D eigenvalue weighted by molar-refractivity contribution is -0.527. The van der Waals surface area contributed by atoms with Crippen LogP contribution in [0.1, 0.15) is 96.0 Å². The van der Waals surface area contributed by atoms with Crippen molar-refractivity contribution in [1.82, 2.24) is 4.90 Å². The standard InChI is InChI=1S/C33H50N2O7/c1-2-39-32(33(36)42-28-18-14-26(15-19-28)35(37)38)20-24-12-16-27(17-13-24)40-23-29-22-34(21-25-8-4-3-5-9-25)30-10-6-7-11-31(30)41-29/h3-5,8-9,24,26-32H,2,6-7,10-23H2,1H3. The van der Waals surface area contributed by atoms with Crippen LogP contribution in [0.5, 0.6) is 0 Å². The van der Waals surface area contributed by atoms with Crippen molar-refractivity contribution in [1.29, 1.82) is 0 Å². The molecule has 0 bridgehead atoms. The van der Waals surface area contributed by atoms with E-state index >= 15 is 0 Å². The molecule has 1 heterocycles. The fourth-order valence-corrected chi connectivity index (χ4v) is 7.56. The highest BCUT2D eigenvalue weighted by atomic mass is 16.6. The van der Waals surface area contributed by atoms with Gasteiger partial charge in [0.1, 0.15) is 6.10 Å². The van der Waals surface area contributed by atoms with Crippen LogP contribution in [-0.4, -0.2) is 78.2 Å². The number of carbonyl (C=O) groups is 1. The summed E-state index contributed by atoms with van der Waals surface area (Å²) in [7, 11) is 0. The van der Waals surface area contributed by atoms with Crippen LogP contribution in [0.4, 0.5) is 0 Å². The molecule has 1 saturated heterocycles. The molecule has 4 unspecified atom stereocenters. The number of ether oxygens (including phenoxy) is 4. The van der Waals surface area contributed by atoms with Crippen molar-refractivity contribution < 1.29 is 28.7 Å². The van der Waals surface area contributed by atoms with Crippen LogP contribution in [0, 0.1) is 16.0 Å². The van der Waals surface area contributed by atoms with Gasteiger partial charge in [-0.05, 0) is 76.2 Å².